The van der Waals surface area contributed by atoms with E-state index in [4.69, 9.17) is 4.74 Å². The Bertz CT molecular complexity index is 806. The molecule has 2 aliphatic rings. The van der Waals surface area contributed by atoms with E-state index in [2.05, 4.69) is 50.4 Å². The second kappa shape index (κ2) is 9.27. The average Bonchev–Trinajstić information content (AvgIpc) is 3.19. The predicted molar refractivity (Wildman–Crippen MR) is 114 cm³/mol. The predicted octanol–water partition coefficient (Wildman–Crippen LogP) is 2.84. The molecule has 1 amide bonds. The van der Waals surface area contributed by atoms with Crippen molar-refractivity contribution in [3.63, 3.8) is 0 Å². The van der Waals surface area contributed by atoms with Crippen molar-refractivity contribution in [3.05, 3.63) is 54.4 Å². The summed E-state index contributed by atoms with van der Waals surface area (Å²) in [4.78, 5) is 20.8. The highest BCUT2D eigenvalue weighted by molar-refractivity contribution is 5.78. The number of hydrogen-bond acceptors (Lipinski definition) is 5. The van der Waals surface area contributed by atoms with Crippen LogP contribution in [0.2, 0.25) is 0 Å². The SMILES string of the molecule is COc1cccc(N2CCC(N(Cc3ccncc3)C[C@@H]3CCC(=O)N3)CC2)c1. The molecule has 2 saturated heterocycles. The fourth-order valence-electron chi connectivity index (χ4n) is 4.46. The third kappa shape index (κ3) is 5.07. The highest BCUT2D eigenvalue weighted by Crippen LogP contribution is 2.27. The Morgan fingerprint density at radius 1 is 1.17 bits per heavy atom. The zero-order valence-electron chi connectivity index (χ0n) is 17.1. The van der Waals surface area contributed by atoms with E-state index < -0.39 is 0 Å². The molecule has 2 aromatic rings. The van der Waals surface area contributed by atoms with Crippen LogP contribution in [0.5, 0.6) is 5.75 Å². The number of carbonyl (C=O) groups is 1. The zero-order chi connectivity index (χ0) is 20.1. The first-order chi connectivity index (χ1) is 14.2. The van der Waals surface area contributed by atoms with Crippen molar-refractivity contribution in [1.82, 2.24) is 15.2 Å². The lowest BCUT2D eigenvalue weighted by Crippen LogP contribution is -2.48. The maximum absolute atomic E-state index is 11.7. The van der Waals surface area contributed by atoms with E-state index in [9.17, 15) is 4.79 Å². The Labute approximate surface area is 172 Å². The maximum Gasteiger partial charge on any atom is 0.220 e. The monoisotopic (exact) mass is 394 g/mol. The van der Waals surface area contributed by atoms with E-state index in [1.165, 1.54) is 11.3 Å². The highest BCUT2D eigenvalue weighted by atomic mass is 16.5. The van der Waals surface area contributed by atoms with E-state index in [0.717, 1.165) is 51.2 Å². The van der Waals surface area contributed by atoms with Gasteiger partial charge in [-0.2, -0.15) is 0 Å². The number of methoxy groups -OCH3 is 1. The minimum absolute atomic E-state index is 0.187. The molecule has 1 aromatic carbocycles. The Morgan fingerprint density at radius 3 is 2.66 bits per heavy atom. The number of nitrogens with one attached hydrogen (secondary N) is 1. The number of anilines is 1. The van der Waals surface area contributed by atoms with Gasteiger partial charge in [0.15, 0.2) is 0 Å². The molecule has 3 heterocycles. The Kier molecular flexibility index (Phi) is 6.30. The smallest absolute Gasteiger partial charge is 0.220 e. The van der Waals surface area contributed by atoms with Gasteiger partial charge in [0.1, 0.15) is 5.75 Å². The fourth-order valence-corrected chi connectivity index (χ4v) is 4.46. The van der Waals surface area contributed by atoms with Crippen LogP contribution in [-0.4, -0.2) is 54.6 Å². The third-order valence-electron chi connectivity index (χ3n) is 6.07. The quantitative estimate of drug-likeness (QED) is 0.783. The molecule has 1 aromatic heterocycles. The van der Waals surface area contributed by atoms with Crippen LogP contribution in [0.4, 0.5) is 5.69 Å². The number of rotatable bonds is 7. The molecule has 6 nitrogen and oxygen atoms in total. The number of carbonyl (C=O) groups excluding carboxylic acids is 1. The van der Waals surface area contributed by atoms with Gasteiger partial charge < -0.3 is 15.0 Å². The van der Waals surface area contributed by atoms with E-state index >= 15 is 0 Å². The number of aromatic nitrogens is 1. The summed E-state index contributed by atoms with van der Waals surface area (Å²) in [5.41, 5.74) is 2.51. The Balaban J connectivity index is 1.41. The van der Waals surface area contributed by atoms with Gasteiger partial charge >= 0.3 is 0 Å². The van der Waals surface area contributed by atoms with Gasteiger partial charge in [-0.25, -0.2) is 0 Å². The van der Waals surface area contributed by atoms with Crippen molar-refractivity contribution in [2.45, 2.75) is 44.3 Å². The van der Waals surface area contributed by atoms with Crippen LogP contribution >= 0.6 is 0 Å². The lowest BCUT2D eigenvalue weighted by atomic mass is 10.0. The number of benzene rings is 1. The number of piperidine rings is 1. The van der Waals surface area contributed by atoms with Gasteiger partial charge in [0.2, 0.25) is 5.91 Å². The first kappa shape index (κ1) is 19.7. The number of nitrogens with zero attached hydrogens (tertiary/aromatic N) is 3. The Hall–Kier alpha value is -2.60. The summed E-state index contributed by atoms with van der Waals surface area (Å²) in [6.45, 7) is 3.88. The molecule has 1 N–H and O–H groups in total. The molecule has 0 radical (unpaired) electrons. The molecule has 0 spiro atoms. The van der Waals surface area contributed by atoms with Crippen LogP contribution in [0.25, 0.3) is 0 Å². The van der Waals surface area contributed by atoms with Gasteiger partial charge in [0.05, 0.1) is 7.11 Å². The molecule has 29 heavy (non-hydrogen) atoms. The lowest BCUT2D eigenvalue weighted by molar-refractivity contribution is -0.119. The first-order valence-electron chi connectivity index (χ1n) is 10.5. The molecule has 6 heteroatoms. The minimum atomic E-state index is 0.187. The summed E-state index contributed by atoms with van der Waals surface area (Å²) in [7, 11) is 1.71. The molecule has 1 atom stereocenters. The van der Waals surface area contributed by atoms with E-state index in [0.29, 0.717) is 12.5 Å². The number of ether oxygens (including phenoxy) is 1. The summed E-state index contributed by atoms with van der Waals surface area (Å²) in [6, 6.07) is 13.3. The van der Waals surface area contributed by atoms with Crippen molar-refractivity contribution in [1.29, 1.82) is 0 Å². The van der Waals surface area contributed by atoms with Gasteiger partial charge in [-0.3, -0.25) is 14.7 Å². The molecule has 0 bridgehead atoms. The molecule has 0 aliphatic carbocycles. The van der Waals surface area contributed by atoms with Crippen LogP contribution in [0.3, 0.4) is 0 Å². The molecule has 4 rings (SSSR count). The zero-order valence-corrected chi connectivity index (χ0v) is 17.1. The van der Waals surface area contributed by atoms with Crippen molar-refractivity contribution >= 4 is 11.6 Å². The Morgan fingerprint density at radius 2 is 1.97 bits per heavy atom. The summed E-state index contributed by atoms with van der Waals surface area (Å²) in [6.07, 6.45) is 7.54. The van der Waals surface area contributed by atoms with E-state index in [-0.39, 0.29) is 11.9 Å². The average molecular weight is 395 g/mol. The molecular weight excluding hydrogens is 364 g/mol. The van der Waals surface area contributed by atoms with E-state index in [1.807, 2.05) is 18.5 Å². The number of amides is 1. The number of hydrogen-bond donors (Lipinski definition) is 1. The van der Waals surface area contributed by atoms with Gasteiger partial charge in [-0.15, -0.1) is 0 Å². The van der Waals surface area contributed by atoms with Crippen LogP contribution in [0, 0.1) is 0 Å². The summed E-state index contributed by atoms with van der Waals surface area (Å²) in [5.74, 6) is 1.09. The fraction of sp³-hybridized carbons (Fsp3) is 0.478. The van der Waals surface area contributed by atoms with Crippen molar-refractivity contribution < 1.29 is 9.53 Å². The standard InChI is InChI=1S/C23H30N4O2/c1-29-22-4-2-3-21(15-22)26-13-9-20(10-14-26)27(16-18-7-11-24-12-8-18)17-19-5-6-23(28)25-19/h2-4,7-8,11-12,15,19-20H,5-6,9-10,13-14,16-17H2,1H3,(H,25,28)/t19-/m0/s1. The highest BCUT2D eigenvalue weighted by Gasteiger charge is 2.29. The number of pyridine rings is 1. The molecular formula is C23H30N4O2. The second-order valence-electron chi connectivity index (χ2n) is 8.01. The van der Waals surface area contributed by atoms with Crippen molar-refractivity contribution in [2.75, 3.05) is 31.6 Å². The largest absolute Gasteiger partial charge is 0.497 e. The van der Waals surface area contributed by atoms with Crippen LogP contribution < -0.4 is 15.0 Å². The topological polar surface area (TPSA) is 57.7 Å². The third-order valence-corrected chi connectivity index (χ3v) is 6.07. The van der Waals surface area contributed by atoms with Gasteiger partial charge in [0, 0.05) is 68.8 Å². The van der Waals surface area contributed by atoms with Gasteiger partial charge in [0.25, 0.3) is 0 Å². The first-order valence-corrected chi connectivity index (χ1v) is 10.5. The summed E-state index contributed by atoms with van der Waals surface area (Å²) < 4.78 is 5.38. The molecule has 0 unspecified atom stereocenters. The van der Waals surface area contributed by atoms with E-state index in [1.54, 1.807) is 7.11 Å². The van der Waals surface area contributed by atoms with Gasteiger partial charge in [-0.05, 0) is 49.1 Å². The van der Waals surface area contributed by atoms with Crippen LogP contribution in [0.15, 0.2) is 48.8 Å². The minimum Gasteiger partial charge on any atom is -0.497 e. The molecule has 0 saturated carbocycles. The molecule has 154 valence electrons. The normalized spacial score (nSPS) is 20.1. The van der Waals surface area contributed by atoms with Gasteiger partial charge in [-0.1, -0.05) is 6.07 Å². The van der Waals surface area contributed by atoms with Crippen LogP contribution in [0.1, 0.15) is 31.2 Å². The maximum atomic E-state index is 11.7. The second-order valence-corrected chi connectivity index (χ2v) is 8.01. The summed E-state index contributed by atoms with van der Waals surface area (Å²) in [5, 5.41) is 3.14. The van der Waals surface area contributed by atoms with Crippen molar-refractivity contribution in [2.24, 2.45) is 0 Å². The molecule has 2 fully saturated rings. The summed E-state index contributed by atoms with van der Waals surface area (Å²) >= 11 is 0. The van der Waals surface area contributed by atoms with Crippen molar-refractivity contribution in [3.8, 4) is 5.75 Å². The lowest BCUT2D eigenvalue weighted by Gasteiger charge is -2.40. The molecule has 2 aliphatic heterocycles. The van der Waals surface area contributed by atoms with Crippen LogP contribution in [-0.2, 0) is 11.3 Å².